The molecule has 0 spiro atoms. The van der Waals surface area contributed by atoms with Gasteiger partial charge in [0.05, 0.1) is 6.20 Å². The summed E-state index contributed by atoms with van der Waals surface area (Å²) in [6.45, 7) is 2.08. The topological polar surface area (TPSA) is 55.1 Å². The molecule has 2 rings (SSSR count). The van der Waals surface area contributed by atoms with E-state index >= 15 is 0 Å². The van der Waals surface area contributed by atoms with Gasteiger partial charge in [0.25, 0.3) is 5.91 Å². The summed E-state index contributed by atoms with van der Waals surface area (Å²) < 4.78 is 4.89. The normalized spacial score (nSPS) is 18.2. The van der Waals surface area contributed by atoms with E-state index in [9.17, 15) is 4.79 Å². The van der Waals surface area contributed by atoms with Crippen LogP contribution in [-0.4, -0.2) is 16.4 Å². The van der Waals surface area contributed by atoms with Gasteiger partial charge in [0, 0.05) is 5.54 Å². The first-order valence-corrected chi connectivity index (χ1v) is 4.47. The van der Waals surface area contributed by atoms with E-state index in [2.05, 4.69) is 17.2 Å². The lowest BCUT2D eigenvalue weighted by Crippen LogP contribution is -2.35. The molecule has 1 aliphatic carbocycles. The predicted molar refractivity (Wildman–Crippen MR) is 46.2 cm³/mol. The monoisotopic (exact) mass is 180 g/mol. The van der Waals surface area contributed by atoms with Crippen LogP contribution in [0.3, 0.4) is 0 Å². The smallest absolute Gasteiger partial charge is 0.289 e. The van der Waals surface area contributed by atoms with Crippen LogP contribution in [0.2, 0.25) is 0 Å². The lowest BCUT2D eigenvalue weighted by atomic mass is 10.2. The van der Waals surface area contributed by atoms with Crippen LogP contribution in [0.25, 0.3) is 0 Å². The molecule has 0 aromatic carbocycles. The fourth-order valence-corrected chi connectivity index (χ4v) is 1.35. The number of amides is 1. The number of carbonyl (C=O) groups is 1. The molecule has 4 heteroatoms. The van der Waals surface area contributed by atoms with Gasteiger partial charge in [-0.05, 0) is 19.3 Å². The number of aromatic nitrogens is 1. The zero-order chi connectivity index (χ0) is 9.31. The predicted octanol–water partition coefficient (Wildman–Crippen LogP) is 1.35. The van der Waals surface area contributed by atoms with Crippen LogP contribution < -0.4 is 5.32 Å². The third-order valence-corrected chi connectivity index (χ3v) is 2.57. The van der Waals surface area contributed by atoms with Crippen LogP contribution in [0.5, 0.6) is 0 Å². The van der Waals surface area contributed by atoms with Gasteiger partial charge < -0.3 is 9.73 Å². The van der Waals surface area contributed by atoms with Gasteiger partial charge in [-0.2, -0.15) is 0 Å². The Balaban J connectivity index is 2.00. The average molecular weight is 180 g/mol. The van der Waals surface area contributed by atoms with Gasteiger partial charge in [-0.25, -0.2) is 4.98 Å². The highest BCUT2D eigenvalue weighted by atomic mass is 16.3. The number of carbonyl (C=O) groups excluding carboxylic acids is 1. The van der Waals surface area contributed by atoms with Crippen molar-refractivity contribution in [2.45, 2.75) is 31.7 Å². The van der Waals surface area contributed by atoms with Crippen LogP contribution >= 0.6 is 0 Å². The van der Waals surface area contributed by atoms with E-state index in [4.69, 9.17) is 4.42 Å². The zero-order valence-electron chi connectivity index (χ0n) is 7.54. The van der Waals surface area contributed by atoms with Crippen molar-refractivity contribution >= 4 is 5.91 Å². The Morgan fingerprint density at radius 1 is 1.77 bits per heavy atom. The van der Waals surface area contributed by atoms with Gasteiger partial charge in [0.15, 0.2) is 6.39 Å². The van der Waals surface area contributed by atoms with Crippen molar-refractivity contribution in [2.75, 3.05) is 0 Å². The molecule has 0 radical (unpaired) electrons. The van der Waals surface area contributed by atoms with Crippen LogP contribution in [0.4, 0.5) is 0 Å². The second-order valence-electron chi connectivity index (χ2n) is 3.45. The van der Waals surface area contributed by atoms with Crippen molar-refractivity contribution in [1.29, 1.82) is 0 Å². The summed E-state index contributed by atoms with van der Waals surface area (Å²) in [5.74, 6) is 0.136. The number of hydrogen-bond donors (Lipinski definition) is 1. The largest absolute Gasteiger partial charge is 0.438 e. The minimum absolute atomic E-state index is 0.0455. The van der Waals surface area contributed by atoms with Crippen LogP contribution in [0.15, 0.2) is 17.0 Å². The molecule has 0 unspecified atom stereocenters. The first-order valence-electron chi connectivity index (χ1n) is 4.47. The Morgan fingerprint density at radius 2 is 2.54 bits per heavy atom. The molecule has 1 aromatic rings. The summed E-state index contributed by atoms with van der Waals surface area (Å²) >= 11 is 0. The number of nitrogens with zero attached hydrogens (tertiary/aromatic N) is 1. The Kier molecular flexibility index (Phi) is 1.83. The Bertz CT molecular complexity index is 301. The summed E-state index contributed by atoms with van der Waals surface area (Å²) in [7, 11) is 0. The van der Waals surface area contributed by atoms with E-state index in [-0.39, 0.29) is 11.4 Å². The van der Waals surface area contributed by atoms with Crippen molar-refractivity contribution in [1.82, 2.24) is 10.3 Å². The zero-order valence-corrected chi connectivity index (χ0v) is 7.54. The Morgan fingerprint density at radius 3 is 3.00 bits per heavy atom. The van der Waals surface area contributed by atoms with Crippen molar-refractivity contribution in [3.05, 3.63) is 18.4 Å². The van der Waals surface area contributed by atoms with E-state index in [1.54, 1.807) is 0 Å². The Labute approximate surface area is 76.3 Å². The highest BCUT2D eigenvalue weighted by molar-refractivity contribution is 5.91. The van der Waals surface area contributed by atoms with Gasteiger partial charge in [-0.3, -0.25) is 4.79 Å². The fraction of sp³-hybridized carbons (Fsp3) is 0.556. The summed E-state index contributed by atoms with van der Waals surface area (Å²) in [5, 5.41) is 2.95. The molecule has 1 heterocycles. The maximum atomic E-state index is 11.5. The van der Waals surface area contributed by atoms with Crippen molar-refractivity contribution < 1.29 is 9.21 Å². The molecule has 1 amide bonds. The Hall–Kier alpha value is -1.32. The third kappa shape index (κ3) is 1.56. The molecular weight excluding hydrogens is 168 g/mol. The maximum Gasteiger partial charge on any atom is 0.289 e. The van der Waals surface area contributed by atoms with E-state index in [0.717, 1.165) is 19.3 Å². The molecule has 0 bridgehead atoms. The van der Waals surface area contributed by atoms with Gasteiger partial charge in [-0.15, -0.1) is 0 Å². The third-order valence-electron chi connectivity index (χ3n) is 2.57. The molecule has 13 heavy (non-hydrogen) atoms. The van der Waals surface area contributed by atoms with Crippen LogP contribution in [-0.2, 0) is 0 Å². The summed E-state index contributed by atoms with van der Waals surface area (Å²) in [4.78, 5) is 15.2. The summed E-state index contributed by atoms with van der Waals surface area (Å²) in [5.41, 5.74) is 0.0455. The van der Waals surface area contributed by atoms with Gasteiger partial charge >= 0.3 is 0 Å². The van der Waals surface area contributed by atoms with Crippen molar-refractivity contribution in [2.24, 2.45) is 0 Å². The molecule has 0 aliphatic heterocycles. The van der Waals surface area contributed by atoms with E-state index < -0.39 is 0 Å². The summed E-state index contributed by atoms with van der Waals surface area (Å²) in [6, 6.07) is 0. The quantitative estimate of drug-likeness (QED) is 0.763. The molecule has 0 saturated heterocycles. The maximum absolute atomic E-state index is 11.5. The second-order valence-corrected chi connectivity index (χ2v) is 3.45. The van der Waals surface area contributed by atoms with Crippen LogP contribution in [0.1, 0.15) is 36.7 Å². The van der Waals surface area contributed by atoms with E-state index in [0.29, 0.717) is 5.76 Å². The SMILES string of the molecule is CCC1(NC(=O)c2cnco2)CC1. The molecule has 1 N–H and O–H groups in total. The molecule has 1 fully saturated rings. The van der Waals surface area contributed by atoms with Gasteiger partial charge in [0.1, 0.15) is 0 Å². The molecule has 1 aromatic heterocycles. The van der Waals surface area contributed by atoms with Gasteiger partial charge in [0.2, 0.25) is 5.76 Å². The molecule has 1 aliphatic rings. The fourth-order valence-electron chi connectivity index (χ4n) is 1.35. The number of rotatable bonds is 3. The number of oxazole rings is 1. The van der Waals surface area contributed by atoms with E-state index in [1.807, 2.05) is 0 Å². The van der Waals surface area contributed by atoms with Gasteiger partial charge in [-0.1, -0.05) is 6.92 Å². The lowest BCUT2D eigenvalue weighted by molar-refractivity contribution is 0.0902. The minimum atomic E-state index is -0.156. The first kappa shape index (κ1) is 8.29. The highest BCUT2D eigenvalue weighted by Crippen LogP contribution is 2.38. The van der Waals surface area contributed by atoms with E-state index in [1.165, 1.54) is 12.6 Å². The summed E-state index contributed by atoms with van der Waals surface area (Å²) in [6.07, 6.45) is 5.82. The van der Waals surface area contributed by atoms with Crippen molar-refractivity contribution in [3.63, 3.8) is 0 Å². The number of nitrogens with one attached hydrogen (secondary N) is 1. The molecule has 70 valence electrons. The molecule has 4 nitrogen and oxygen atoms in total. The second kappa shape index (κ2) is 2.87. The first-order chi connectivity index (χ1) is 6.26. The van der Waals surface area contributed by atoms with Crippen molar-refractivity contribution in [3.8, 4) is 0 Å². The molecule has 1 saturated carbocycles. The lowest BCUT2D eigenvalue weighted by Gasteiger charge is -2.12. The standard InChI is InChI=1S/C9H12N2O2/c1-2-9(3-4-9)11-8(12)7-5-10-6-13-7/h5-6H,2-4H2,1H3,(H,11,12). The number of hydrogen-bond acceptors (Lipinski definition) is 3. The average Bonchev–Trinajstić information content (AvgIpc) is 2.69. The van der Waals surface area contributed by atoms with Crippen LogP contribution in [0, 0.1) is 0 Å². The highest BCUT2D eigenvalue weighted by Gasteiger charge is 2.42. The minimum Gasteiger partial charge on any atom is -0.438 e. The molecular formula is C9H12N2O2. The molecule has 0 atom stereocenters.